The van der Waals surface area contributed by atoms with Crippen molar-refractivity contribution in [2.24, 2.45) is 7.05 Å². The third-order valence-electron chi connectivity index (χ3n) is 4.48. The molecule has 0 radical (unpaired) electrons. The first-order valence-electron chi connectivity index (χ1n) is 10.1. The van der Waals surface area contributed by atoms with Gasteiger partial charge in [-0.15, -0.1) is 0 Å². The number of carbonyl (C=O) groups excluding carboxylic acids is 1. The van der Waals surface area contributed by atoms with E-state index in [-0.39, 0.29) is 17.1 Å². The van der Waals surface area contributed by atoms with E-state index in [1.54, 1.807) is 39.4 Å². The quantitative estimate of drug-likeness (QED) is 0.522. The van der Waals surface area contributed by atoms with Crippen LogP contribution in [0.3, 0.4) is 0 Å². The predicted molar refractivity (Wildman–Crippen MR) is 116 cm³/mol. The highest BCUT2D eigenvalue weighted by molar-refractivity contribution is 6.28. The van der Waals surface area contributed by atoms with Crippen LogP contribution < -0.4 is 10.6 Å². The summed E-state index contributed by atoms with van der Waals surface area (Å²) in [7, 11) is 1.71. The van der Waals surface area contributed by atoms with Crippen molar-refractivity contribution in [3.8, 4) is 0 Å². The zero-order chi connectivity index (χ0) is 24.3. The van der Waals surface area contributed by atoms with Crippen molar-refractivity contribution >= 4 is 29.3 Å². The van der Waals surface area contributed by atoms with Gasteiger partial charge in [-0.2, -0.15) is 18.3 Å². The Morgan fingerprint density at radius 2 is 1.97 bits per heavy atom. The highest BCUT2D eigenvalue weighted by atomic mass is 35.5. The van der Waals surface area contributed by atoms with Crippen molar-refractivity contribution in [1.82, 2.24) is 19.7 Å². The Hall–Kier alpha value is -2.56. The van der Waals surface area contributed by atoms with Crippen LogP contribution >= 0.6 is 11.6 Å². The summed E-state index contributed by atoms with van der Waals surface area (Å²) in [5.74, 6) is 0.175. The van der Waals surface area contributed by atoms with E-state index in [0.29, 0.717) is 31.3 Å². The number of nitrogens with one attached hydrogen (secondary N) is 2. The fraction of sp³-hybridized carbons (Fsp3) is 0.600. The van der Waals surface area contributed by atoms with E-state index in [2.05, 4.69) is 25.7 Å². The van der Waals surface area contributed by atoms with E-state index < -0.39 is 23.4 Å². The van der Waals surface area contributed by atoms with Gasteiger partial charge in [0.15, 0.2) is 0 Å². The molecule has 0 aromatic carbocycles. The maximum absolute atomic E-state index is 13.2. The second-order valence-corrected chi connectivity index (χ2v) is 8.84. The average molecular weight is 477 g/mol. The maximum atomic E-state index is 13.2. The van der Waals surface area contributed by atoms with Crippen LogP contribution in [-0.4, -0.2) is 37.5 Å². The number of hydrogen-bond donors (Lipinski definition) is 2. The highest BCUT2D eigenvalue weighted by Gasteiger charge is 2.35. The summed E-state index contributed by atoms with van der Waals surface area (Å²) in [6, 6.07) is -0.318. The third kappa shape index (κ3) is 7.25. The molecule has 0 unspecified atom stereocenters. The molecule has 2 N–H and O–H groups in total. The number of anilines is 2. The molecule has 0 fully saturated rings. The molecule has 0 aliphatic rings. The molecule has 178 valence electrons. The number of alkyl halides is 3. The molecule has 0 aliphatic heterocycles. The molecule has 8 nitrogen and oxygen atoms in total. The summed E-state index contributed by atoms with van der Waals surface area (Å²) in [6.45, 7) is 8.89. The minimum atomic E-state index is -4.60. The van der Waals surface area contributed by atoms with Gasteiger partial charge in [0.25, 0.3) is 0 Å². The summed E-state index contributed by atoms with van der Waals surface area (Å²) in [6.07, 6.45) is -2.78. The number of carbonyl (C=O) groups is 1. The number of ether oxygens (including phenoxy) is 1. The lowest BCUT2D eigenvalue weighted by molar-refractivity contribution is -0.137. The minimum absolute atomic E-state index is 0.267. The molecule has 2 aromatic heterocycles. The lowest BCUT2D eigenvalue weighted by Gasteiger charge is -2.20. The Morgan fingerprint density at radius 3 is 2.56 bits per heavy atom. The summed E-state index contributed by atoms with van der Waals surface area (Å²) < 4.78 is 46.4. The monoisotopic (exact) mass is 476 g/mol. The van der Waals surface area contributed by atoms with Gasteiger partial charge in [-0.1, -0.05) is 0 Å². The summed E-state index contributed by atoms with van der Waals surface area (Å²) in [5.41, 5.74) is -0.0218. The van der Waals surface area contributed by atoms with Gasteiger partial charge in [-0.3, -0.25) is 10.00 Å². The number of halogens is 4. The molecule has 2 heterocycles. The first-order valence-corrected chi connectivity index (χ1v) is 10.4. The molecule has 1 atom stereocenters. The average Bonchev–Trinajstić information content (AvgIpc) is 2.86. The van der Waals surface area contributed by atoms with Crippen molar-refractivity contribution < 1.29 is 22.7 Å². The molecule has 0 spiro atoms. The lowest BCUT2D eigenvalue weighted by atomic mass is 10.1. The second-order valence-electron chi connectivity index (χ2n) is 8.50. The summed E-state index contributed by atoms with van der Waals surface area (Å²) in [4.78, 5) is 19.3. The Bertz CT molecular complexity index is 956. The molecule has 0 saturated heterocycles. The number of hydrogen-bond acceptors (Lipinski definition) is 6. The molecular weight excluding hydrogens is 449 g/mol. The van der Waals surface area contributed by atoms with E-state index in [0.717, 1.165) is 11.3 Å². The molecule has 32 heavy (non-hydrogen) atoms. The number of aryl methyl sites for hydroxylation is 2. The van der Waals surface area contributed by atoms with Crippen LogP contribution in [0.2, 0.25) is 5.28 Å². The highest BCUT2D eigenvalue weighted by Crippen LogP contribution is 2.34. The van der Waals surface area contributed by atoms with Gasteiger partial charge >= 0.3 is 12.3 Å². The Labute approximate surface area is 189 Å². The fourth-order valence-electron chi connectivity index (χ4n) is 3.13. The SMILES string of the molecule is Cc1nn(C)c(NC(=O)OC(C)(C)C)c1CCC[C@@H](C)Nc1nc(Cl)ncc1C(F)(F)F. The Kier molecular flexibility index (Phi) is 7.97. The van der Waals surface area contributed by atoms with Gasteiger partial charge in [0.1, 0.15) is 22.8 Å². The lowest BCUT2D eigenvalue weighted by Crippen LogP contribution is -2.28. The largest absolute Gasteiger partial charge is 0.444 e. The van der Waals surface area contributed by atoms with Crippen molar-refractivity contribution in [1.29, 1.82) is 0 Å². The third-order valence-corrected chi connectivity index (χ3v) is 4.66. The standard InChI is InChI=1S/C20H28ClF3N6O2/c1-11(26-15-14(20(22,23)24)10-25-17(21)27-15)8-7-9-13-12(2)29-30(6)16(13)28-18(31)32-19(3,4)5/h10-11H,7-9H2,1-6H3,(H,28,31)(H,25,26,27)/t11-/m1/s1. The predicted octanol–water partition coefficient (Wildman–Crippen LogP) is 5.36. The number of rotatable bonds is 7. The fourth-order valence-corrected chi connectivity index (χ4v) is 3.26. The number of nitrogens with zero attached hydrogens (tertiary/aromatic N) is 4. The first-order chi connectivity index (χ1) is 14.7. The van der Waals surface area contributed by atoms with Gasteiger partial charge < -0.3 is 10.1 Å². The van der Waals surface area contributed by atoms with Crippen molar-refractivity contribution in [2.45, 2.75) is 71.7 Å². The normalized spacial score (nSPS) is 13.1. The molecule has 0 saturated carbocycles. The molecule has 0 aliphatic carbocycles. The molecule has 2 rings (SSSR count). The van der Waals surface area contributed by atoms with Gasteiger partial charge in [0.05, 0.1) is 5.69 Å². The molecule has 1 amide bonds. The Morgan fingerprint density at radius 1 is 1.31 bits per heavy atom. The number of aromatic nitrogens is 4. The molecular formula is C20H28ClF3N6O2. The van der Waals surface area contributed by atoms with E-state index in [1.165, 1.54) is 0 Å². The van der Waals surface area contributed by atoms with Crippen LogP contribution in [0.15, 0.2) is 6.20 Å². The van der Waals surface area contributed by atoms with Gasteiger partial charge in [-0.05, 0) is 65.5 Å². The van der Waals surface area contributed by atoms with Crippen LogP contribution in [0.1, 0.15) is 57.4 Å². The Balaban J connectivity index is 2.03. The van der Waals surface area contributed by atoms with Gasteiger partial charge in [-0.25, -0.2) is 14.8 Å². The topological polar surface area (TPSA) is 94.0 Å². The van der Waals surface area contributed by atoms with Gasteiger partial charge in [0, 0.05) is 24.8 Å². The van der Waals surface area contributed by atoms with Crippen LogP contribution in [0.4, 0.5) is 29.6 Å². The van der Waals surface area contributed by atoms with Crippen LogP contribution in [0, 0.1) is 6.92 Å². The van der Waals surface area contributed by atoms with Crippen molar-refractivity contribution in [3.05, 3.63) is 28.3 Å². The second kappa shape index (κ2) is 9.93. The smallest absolute Gasteiger partial charge is 0.421 e. The van der Waals surface area contributed by atoms with E-state index >= 15 is 0 Å². The molecule has 0 bridgehead atoms. The zero-order valence-corrected chi connectivity index (χ0v) is 19.6. The zero-order valence-electron chi connectivity index (χ0n) is 18.9. The summed E-state index contributed by atoms with van der Waals surface area (Å²) >= 11 is 5.67. The van der Waals surface area contributed by atoms with Crippen molar-refractivity contribution in [2.75, 3.05) is 10.6 Å². The van der Waals surface area contributed by atoms with Crippen LogP contribution in [0.25, 0.3) is 0 Å². The van der Waals surface area contributed by atoms with Crippen molar-refractivity contribution in [3.63, 3.8) is 0 Å². The number of amides is 1. The minimum Gasteiger partial charge on any atom is -0.444 e. The van der Waals surface area contributed by atoms with Crippen LogP contribution in [-0.2, 0) is 24.4 Å². The first kappa shape index (κ1) is 25.7. The maximum Gasteiger partial charge on any atom is 0.421 e. The van der Waals surface area contributed by atoms with E-state index in [4.69, 9.17) is 16.3 Å². The molecule has 12 heteroatoms. The molecule has 2 aromatic rings. The van der Waals surface area contributed by atoms with E-state index in [9.17, 15) is 18.0 Å². The summed E-state index contributed by atoms with van der Waals surface area (Å²) in [5, 5.41) is 9.58. The van der Waals surface area contributed by atoms with Gasteiger partial charge in [0.2, 0.25) is 5.28 Å². The van der Waals surface area contributed by atoms with E-state index in [1.807, 2.05) is 6.92 Å². The van der Waals surface area contributed by atoms with Crippen LogP contribution in [0.5, 0.6) is 0 Å².